The van der Waals surface area contributed by atoms with E-state index in [0.717, 1.165) is 0 Å². The van der Waals surface area contributed by atoms with Crippen molar-refractivity contribution in [2.24, 2.45) is 0 Å². The zero-order valence-electron chi connectivity index (χ0n) is 19.6. The topological polar surface area (TPSA) is 9.23 Å². The lowest BCUT2D eigenvalue weighted by atomic mass is 10.1. The quantitative estimate of drug-likeness (QED) is 0.124. The van der Waals surface area contributed by atoms with Gasteiger partial charge in [0.2, 0.25) is 0 Å². The highest BCUT2D eigenvalue weighted by atomic mass is 28.4. The SMILES string of the molecule is CC=CCCCCCCC[Si](C)(CCCCCCCC=CC)O[Si](C)(C)C. The highest BCUT2D eigenvalue weighted by Gasteiger charge is 2.33. The van der Waals surface area contributed by atoms with Crippen molar-refractivity contribution in [3.8, 4) is 0 Å². The van der Waals surface area contributed by atoms with Crippen molar-refractivity contribution in [1.29, 1.82) is 0 Å². The van der Waals surface area contributed by atoms with Crippen molar-refractivity contribution in [1.82, 2.24) is 0 Å². The molecule has 0 bridgehead atoms. The maximum absolute atomic E-state index is 6.80. The molecule has 0 heterocycles. The van der Waals surface area contributed by atoms with Gasteiger partial charge < -0.3 is 4.12 Å². The largest absolute Gasteiger partial charge is 0.456 e. The van der Waals surface area contributed by atoms with E-state index < -0.39 is 16.6 Å². The molecule has 0 saturated heterocycles. The molecule has 3 heteroatoms. The van der Waals surface area contributed by atoms with E-state index >= 15 is 0 Å². The molecule has 1 nitrogen and oxygen atoms in total. The standard InChI is InChI=1S/C24H50OSi2/c1-7-9-11-13-15-17-19-21-23-27(6,25-26(3,4)5)24-22-20-18-16-14-12-10-8-2/h7-10H,11-24H2,1-6H3. The summed E-state index contributed by atoms with van der Waals surface area (Å²) in [5.74, 6) is 0. The van der Waals surface area contributed by atoms with E-state index in [4.69, 9.17) is 4.12 Å². The second-order valence-electron chi connectivity index (χ2n) is 9.42. The monoisotopic (exact) mass is 410 g/mol. The van der Waals surface area contributed by atoms with Crippen LogP contribution in [0.25, 0.3) is 0 Å². The van der Waals surface area contributed by atoms with Gasteiger partial charge in [-0.05, 0) is 77.8 Å². The Bertz CT molecular complexity index is 356. The molecule has 0 aliphatic rings. The first-order valence-electron chi connectivity index (χ1n) is 11.8. The number of unbranched alkanes of at least 4 members (excludes halogenated alkanes) is 10. The predicted octanol–water partition coefficient (Wildman–Crippen LogP) is 9.25. The number of hydrogen-bond donors (Lipinski definition) is 0. The first-order chi connectivity index (χ1) is 12.8. The van der Waals surface area contributed by atoms with Crippen LogP contribution in [0, 0.1) is 0 Å². The molecule has 0 aliphatic heterocycles. The first-order valence-corrected chi connectivity index (χ1v) is 18.0. The van der Waals surface area contributed by atoms with Crippen LogP contribution in [0.1, 0.15) is 90.9 Å². The van der Waals surface area contributed by atoms with Crippen molar-refractivity contribution >= 4 is 16.6 Å². The average molecular weight is 411 g/mol. The summed E-state index contributed by atoms with van der Waals surface area (Å²) in [5, 5.41) is 0. The second kappa shape index (κ2) is 16.8. The highest BCUT2D eigenvalue weighted by Crippen LogP contribution is 2.28. The summed E-state index contributed by atoms with van der Waals surface area (Å²) in [6.45, 7) is 13.9. The maximum atomic E-state index is 6.80. The molecule has 0 aliphatic carbocycles. The molecule has 0 rings (SSSR count). The van der Waals surface area contributed by atoms with Gasteiger partial charge in [0, 0.05) is 0 Å². The lowest BCUT2D eigenvalue weighted by Crippen LogP contribution is -2.44. The fraction of sp³-hybridized carbons (Fsp3) is 0.833. The summed E-state index contributed by atoms with van der Waals surface area (Å²) in [4.78, 5) is 0. The van der Waals surface area contributed by atoms with E-state index in [1.54, 1.807) is 0 Å². The van der Waals surface area contributed by atoms with E-state index in [0.29, 0.717) is 0 Å². The molecular formula is C24H50OSi2. The number of hydrogen-bond acceptors (Lipinski definition) is 1. The molecule has 0 aromatic carbocycles. The molecule has 160 valence electrons. The van der Waals surface area contributed by atoms with Crippen LogP contribution in [0.5, 0.6) is 0 Å². The molecule has 0 atom stereocenters. The number of rotatable bonds is 18. The summed E-state index contributed by atoms with van der Waals surface area (Å²) in [6.07, 6.45) is 25.4. The van der Waals surface area contributed by atoms with E-state index in [1.165, 1.54) is 89.1 Å². The minimum atomic E-state index is -1.51. The van der Waals surface area contributed by atoms with Gasteiger partial charge in [0.1, 0.15) is 0 Å². The van der Waals surface area contributed by atoms with Crippen molar-refractivity contribution in [3.05, 3.63) is 24.3 Å². The first kappa shape index (κ1) is 26.9. The normalized spacial score (nSPS) is 15.0. The molecule has 0 saturated carbocycles. The lowest BCUT2D eigenvalue weighted by molar-refractivity contribution is 0.517. The van der Waals surface area contributed by atoms with Crippen molar-refractivity contribution in [3.63, 3.8) is 0 Å². The Kier molecular flexibility index (Phi) is 16.7. The van der Waals surface area contributed by atoms with Gasteiger partial charge >= 0.3 is 0 Å². The summed E-state index contributed by atoms with van der Waals surface area (Å²) >= 11 is 0. The van der Waals surface area contributed by atoms with Crippen LogP contribution < -0.4 is 0 Å². The van der Waals surface area contributed by atoms with E-state index in [2.05, 4.69) is 64.3 Å². The van der Waals surface area contributed by atoms with Crippen LogP contribution in [0.3, 0.4) is 0 Å². The molecule has 0 spiro atoms. The molecule has 0 N–H and O–H groups in total. The summed E-state index contributed by atoms with van der Waals surface area (Å²) in [5.41, 5.74) is 0. The third-order valence-electron chi connectivity index (χ3n) is 5.18. The lowest BCUT2D eigenvalue weighted by Gasteiger charge is -2.35. The van der Waals surface area contributed by atoms with Gasteiger partial charge in [-0.3, -0.25) is 0 Å². The Morgan fingerprint density at radius 1 is 0.556 bits per heavy atom. The van der Waals surface area contributed by atoms with E-state index in [9.17, 15) is 0 Å². The van der Waals surface area contributed by atoms with Crippen LogP contribution in [0.4, 0.5) is 0 Å². The summed E-state index contributed by atoms with van der Waals surface area (Å²) in [7, 11) is -2.93. The summed E-state index contributed by atoms with van der Waals surface area (Å²) < 4.78 is 6.80. The molecule has 0 fully saturated rings. The van der Waals surface area contributed by atoms with Crippen molar-refractivity contribution in [2.45, 2.75) is 129 Å². The zero-order chi connectivity index (χ0) is 20.4. The molecule has 0 unspecified atom stereocenters. The van der Waals surface area contributed by atoms with Gasteiger partial charge in [0.05, 0.1) is 0 Å². The maximum Gasteiger partial charge on any atom is 0.176 e. The van der Waals surface area contributed by atoms with Gasteiger partial charge in [-0.15, -0.1) is 0 Å². The Labute approximate surface area is 174 Å². The molecule has 0 aromatic rings. The predicted molar refractivity (Wildman–Crippen MR) is 131 cm³/mol. The third-order valence-corrected chi connectivity index (χ3v) is 12.4. The van der Waals surface area contributed by atoms with Gasteiger partial charge in [-0.25, -0.2) is 0 Å². The minimum Gasteiger partial charge on any atom is -0.456 e. The van der Waals surface area contributed by atoms with E-state index in [1.807, 2.05) is 0 Å². The van der Waals surface area contributed by atoms with Crippen LogP contribution in [0.2, 0.25) is 38.3 Å². The van der Waals surface area contributed by atoms with Crippen LogP contribution in [-0.2, 0) is 4.12 Å². The fourth-order valence-corrected chi connectivity index (χ4v) is 12.9. The van der Waals surface area contributed by atoms with Gasteiger partial charge in [0.25, 0.3) is 0 Å². The average Bonchev–Trinajstić information content (AvgIpc) is 2.58. The van der Waals surface area contributed by atoms with E-state index in [-0.39, 0.29) is 0 Å². The fourth-order valence-electron chi connectivity index (χ4n) is 3.88. The van der Waals surface area contributed by atoms with Crippen LogP contribution in [-0.4, -0.2) is 16.6 Å². The second-order valence-corrected chi connectivity index (χ2v) is 18.4. The number of allylic oxidation sites excluding steroid dienone is 4. The van der Waals surface area contributed by atoms with Crippen molar-refractivity contribution < 1.29 is 4.12 Å². The molecule has 0 amide bonds. The smallest absolute Gasteiger partial charge is 0.176 e. The van der Waals surface area contributed by atoms with Gasteiger partial charge in [-0.2, -0.15) is 0 Å². The molecule has 27 heavy (non-hydrogen) atoms. The Hall–Kier alpha value is -0.126. The Morgan fingerprint density at radius 3 is 1.30 bits per heavy atom. The van der Waals surface area contributed by atoms with Crippen LogP contribution in [0.15, 0.2) is 24.3 Å². The Balaban J connectivity index is 4.05. The third kappa shape index (κ3) is 19.0. The molecule has 0 radical (unpaired) electrons. The zero-order valence-corrected chi connectivity index (χ0v) is 21.6. The van der Waals surface area contributed by atoms with Gasteiger partial charge in [0.15, 0.2) is 16.6 Å². The minimum absolute atomic E-state index is 1.26. The molecule has 0 aromatic heterocycles. The van der Waals surface area contributed by atoms with Crippen LogP contribution >= 0.6 is 0 Å². The Morgan fingerprint density at radius 2 is 0.926 bits per heavy atom. The van der Waals surface area contributed by atoms with Crippen molar-refractivity contribution in [2.75, 3.05) is 0 Å². The molecular weight excluding hydrogens is 360 g/mol. The summed E-state index contributed by atoms with van der Waals surface area (Å²) in [6, 6.07) is 2.76. The van der Waals surface area contributed by atoms with Gasteiger partial charge in [-0.1, -0.05) is 75.7 Å². The highest BCUT2D eigenvalue weighted by molar-refractivity contribution is 6.84.